The topological polar surface area (TPSA) is 129 Å². The minimum Gasteiger partial charge on any atom is -0.389 e. The molecule has 1 aliphatic carbocycles. The van der Waals surface area contributed by atoms with Crippen molar-refractivity contribution >= 4 is 5.95 Å². The summed E-state index contributed by atoms with van der Waals surface area (Å²) >= 11 is 0. The van der Waals surface area contributed by atoms with Crippen molar-refractivity contribution in [2.45, 2.75) is 44.2 Å². The van der Waals surface area contributed by atoms with Gasteiger partial charge >= 0.3 is 0 Å². The van der Waals surface area contributed by atoms with Crippen molar-refractivity contribution in [1.82, 2.24) is 29.9 Å². The fourth-order valence-electron chi connectivity index (χ4n) is 3.73. The lowest BCUT2D eigenvalue weighted by molar-refractivity contribution is 0.0577. The number of nitrogen functional groups attached to an aromatic ring is 1. The van der Waals surface area contributed by atoms with Crippen molar-refractivity contribution in [2.75, 3.05) is 5.73 Å². The fraction of sp³-hybridized carbons (Fsp3) is 0.318. The highest BCUT2D eigenvalue weighted by Gasteiger charge is 2.50. The Balaban J connectivity index is 1.37. The van der Waals surface area contributed by atoms with Crippen LogP contribution in [0.4, 0.5) is 5.95 Å². The SMILES string of the molecule is CC(C)(O)Cn1cc(-c2nc(C3(c4ccc(-c5cnc(N)nc5)cc4)CC3)no2)cn1. The molecule has 9 heteroatoms. The zero-order valence-electron chi connectivity index (χ0n) is 17.4. The molecule has 3 aromatic heterocycles. The molecule has 1 aliphatic rings. The van der Waals surface area contributed by atoms with E-state index in [2.05, 4.69) is 37.3 Å². The van der Waals surface area contributed by atoms with Crippen LogP contribution in [0.2, 0.25) is 0 Å². The number of aromatic nitrogens is 6. The normalized spacial score (nSPS) is 15.2. The van der Waals surface area contributed by atoms with Crippen LogP contribution in [-0.2, 0) is 12.0 Å². The van der Waals surface area contributed by atoms with Gasteiger partial charge in [0, 0.05) is 24.2 Å². The Morgan fingerprint density at radius 1 is 1.06 bits per heavy atom. The summed E-state index contributed by atoms with van der Waals surface area (Å²) in [6, 6.07) is 8.28. The summed E-state index contributed by atoms with van der Waals surface area (Å²) < 4.78 is 7.21. The van der Waals surface area contributed by atoms with Crippen LogP contribution >= 0.6 is 0 Å². The van der Waals surface area contributed by atoms with E-state index >= 15 is 0 Å². The van der Waals surface area contributed by atoms with E-state index in [0.29, 0.717) is 18.3 Å². The average molecular weight is 417 g/mol. The summed E-state index contributed by atoms with van der Waals surface area (Å²) in [5.41, 5.74) is 8.31. The largest absolute Gasteiger partial charge is 0.389 e. The molecule has 158 valence electrons. The van der Waals surface area contributed by atoms with Crippen molar-refractivity contribution in [1.29, 1.82) is 0 Å². The third kappa shape index (κ3) is 3.79. The van der Waals surface area contributed by atoms with Crippen LogP contribution in [0.3, 0.4) is 0 Å². The van der Waals surface area contributed by atoms with E-state index < -0.39 is 5.60 Å². The van der Waals surface area contributed by atoms with Crippen LogP contribution in [-0.4, -0.2) is 40.6 Å². The maximum atomic E-state index is 9.98. The monoisotopic (exact) mass is 417 g/mol. The molecule has 1 fully saturated rings. The van der Waals surface area contributed by atoms with Crippen LogP contribution in [0.25, 0.3) is 22.6 Å². The maximum Gasteiger partial charge on any atom is 0.261 e. The van der Waals surface area contributed by atoms with Gasteiger partial charge in [-0.05, 0) is 37.8 Å². The Labute approximate surface area is 179 Å². The lowest BCUT2D eigenvalue weighted by atomic mass is 9.93. The van der Waals surface area contributed by atoms with E-state index in [9.17, 15) is 5.11 Å². The van der Waals surface area contributed by atoms with Gasteiger partial charge in [-0.3, -0.25) is 4.68 Å². The molecule has 3 N–H and O–H groups in total. The zero-order chi connectivity index (χ0) is 21.6. The van der Waals surface area contributed by atoms with E-state index in [1.165, 1.54) is 0 Å². The van der Waals surface area contributed by atoms with Crippen LogP contribution in [0.1, 0.15) is 38.1 Å². The Kier molecular flexibility index (Phi) is 4.37. The number of nitrogens with zero attached hydrogens (tertiary/aromatic N) is 6. The highest BCUT2D eigenvalue weighted by molar-refractivity contribution is 5.63. The van der Waals surface area contributed by atoms with Crippen LogP contribution in [0.15, 0.2) is 53.6 Å². The van der Waals surface area contributed by atoms with Gasteiger partial charge in [-0.1, -0.05) is 29.4 Å². The molecule has 5 rings (SSSR count). The van der Waals surface area contributed by atoms with Gasteiger partial charge in [0.1, 0.15) is 0 Å². The molecule has 0 unspecified atom stereocenters. The van der Waals surface area contributed by atoms with Crippen molar-refractivity contribution in [3.8, 4) is 22.6 Å². The smallest absolute Gasteiger partial charge is 0.261 e. The zero-order valence-corrected chi connectivity index (χ0v) is 17.4. The first kappa shape index (κ1) is 19.4. The van der Waals surface area contributed by atoms with Gasteiger partial charge < -0.3 is 15.4 Å². The Morgan fingerprint density at radius 3 is 2.42 bits per heavy atom. The minimum absolute atomic E-state index is 0.221. The van der Waals surface area contributed by atoms with E-state index in [1.54, 1.807) is 43.3 Å². The first-order valence-electron chi connectivity index (χ1n) is 10.1. The number of hydrogen-bond acceptors (Lipinski definition) is 8. The molecule has 31 heavy (non-hydrogen) atoms. The quantitative estimate of drug-likeness (QED) is 0.490. The van der Waals surface area contributed by atoms with Crippen LogP contribution in [0.5, 0.6) is 0 Å². The molecular formula is C22H23N7O2. The lowest BCUT2D eigenvalue weighted by Crippen LogP contribution is -2.26. The Morgan fingerprint density at radius 2 is 1.77 bits per heavy atom. The standard InChI is InChI=1S/C22H23N7O2/c1-21(2,30)13-29-12-16(11-26-29)18-27-19(28-31-18)22(7-8-22)17-5-3-14(4-6-17)15-9-24-20(23)25-10-15/h3-6,9-12,30H,7-8,13H2,1-2H3,(H2,23,24,25). The van der Waals surface area contributed by atoms with Gasteiger partial charge in [0.2, 0.25) is 5.95 Å². The molecule has 0 bridgehead atoms. The predicted molar refractivity (Wildman–Crippen MR) is 114 cm³/mol. The van der Waals surface area contributed by atoms with Crippen LogP contribution < -0.4 is 5.73 Å². The minimum atomic E-state index is -0.855. The number of benzene rings is 1. The summed E-state index contributed by atoms with van der Waals surface area (Å²) in [5.74, 6) is 1.37. The van der Waals surface area contributed by atoms with E-state index in [-0.39, 0.29) is 11.4 Å². The molecule has 9 nitrogen and oxygen atoms in total. The second-order valence-electron chi connectivity index (χ2n) is 8.65. The highest BCUT2D eigenvalue weighted by atomic mass is 16.5. The molecule has 0 spiro atoms. The highest BCUT2D eigenvalue weighted by Crippen LogP contribution is 2.52. The molecule has 0 saturated heterocycles. The number of rotatable bonds is 6. The summed E-state index contributed by atoms with van der Waals surface area (Å²) in [5, 5.41) is 18.5. The molecule has 0 amide bonds. The molecule has 1 saturated carbocycles. The van der Waals surface area contributed by atoms with E-state index in [4.69, 9.17) is 10.3 Å². The Hall–Kier alpha value is -3.59. The molecule has 0 radical (unpaired) electrons. The lowest BCUT2D eigenvalue weighted by Gasteiger charge is -2.16. The second-order valence-corrected chi connectivity index (χ2v) is 8.65. The third-order valence-corrected chi connectivity index (χ3v) is 5.48. The summed E-state index contributed by atoms with van der Waals surface area (Å²) in [4.78, 5) is 12.8. The number of anilines is 1. The molecule has 4 aromatic rings. The number of aliphatic hydroxyl groups is 1. The van der Waals surface area contributed by atoms with Crippen molar-refractivity contribution in [3.05, 3.63) is 60.4 Å². The first-order chi connectivity index (χ1) is 14.8. The van der Waals surface area contributed by atoms with Gasteiger partial charge in [-0.25, -0.2) is 9.97 Å². The van der Waals surface area contributed by atoms with Gasteiger partial charge in [-0.2, -0.15) is 10.1 Å². The maximum absolute atomic E-state index is 9.98. The summed E-state index contributed by atoms with van der Waals surface area (Å²) in [7, 11) is 0. The van der Waals surface area contributed by atoms with Gasteiger partial charge in [0.25, 0.3) is 5.89 Å². The molecule has 3 heterocycles. The third-order valence-electron chi connectivity index (χ3n) is 5.48. The Bertz CT molecular complexity index is 1200. The van der Waals surface area contributed by atoms with E-state index in [0.717, 1.165) is 35.1 Å². The van der Waals surface area contributed by atoms with E-state index in [1.807, 2.05) is 12.1 Å². The van der Waals surface area contributed by atoms with Gasteiger partial charge in [0.05, 0.1) is 29.3 Å². The van der Waals surface area contributed by atoms with Gasteiger partial charge in [-0.15, -0.1) is 0 Å². The fourth-order valence-corrected chi connectivity index (χ4v) is 3.73. The molecule has 0 atom stereocenters. The molecule has 0 aliphatic heterocycles. The molecule has 1 aromatic carbocycles. The van der Waals surface area contributed by atoms with Crippen molar-refractivity contribution in [2.24, 2.45) is 0 Å². The number of hydrogen-bond donors (Lipinski definition) is 2. The summed E-state index contributed by atoms with van der Waals surface area (Å²) in [6.45, 7) is 3.85. The van der Waals surface area contributed by atoms with Gasteiger partial charge in [0.15, 0.2) is 5.82 Å². The summed E-state index contributed by atoms with van der Waals surface area (Å²) in [6.07, 6.45) is 8.84. The average Bonchev–Trinajstić information content (AvgIpc) is 3.16. The van der Waals surface area contributed by atoms with Crippen LogP contribution in [0, 0.1) is 0 Å². The predicted octanol–water partition coefficient (Wildman–Crippen LogP) is 2.82. The van der Waals surface area contributed by atoms with Crippen molar-refractivity contribution < 1.29 is 9.63 Å². The van der Waals surface area contributed by atoms with Crippen molar-refractivity contribution in [3.63, 3.8) is 0 Å². The second kappa shape index (κ2) is 6.98. The molecular weight excluding hydrogens is 394 g/mol. The number of nitrogens with two attached hydrogens (primary N) is 1. The first-order valence-corrected chi connectivity index (χ1v) is 10.1.